The van der Waals surface area contributed by atoms with Crippen LogP contribution in [0.25, 0.3) is 0 Å². The van der Waals surface area contributed by atoms with Crippen LogP contribution in [0, 0.1) is 0 Å². The maximum absolute atomic E-state index is 4.15. The molecule has 0 aliphatic heterocycles. The molecular formula is C14H27N. The molecule has 0 heterocycles. The minimum atomic E-state index is 0.425. The van der Waals surface area contributed by atoms with Crippen molar-refractivity contribution in [3.8, 4) is 0 Å². The summed E-state index contributed by atoms with van der Waals surface area (Å²) in [5, 5.41) is 3.49. The van der Waals surface area contributed by atoms with Crippen LogP contribution < -0.4 is 5.32 Å². The van der Waals surface area contributed by atoms with Gasteiger partial charge in [0.15, 0.2) is 0 Å². The second-order valence-corrected chi connectivity index (χ2v) is 4.22. The van der Waals surface area contributed by atoms with Crippen molar-refractivity contribution in [1.82, 2.24) is 5.32 Å². The summed E-state index contributed by atoms with van der Waals surface area (Å²) >= 11 is 0. The van der Waals surface area contributed by atoms with Crippen molar-refractivity contribution >= 4 is 0 Å². The van der Waals surface area contributed by atoms with Crippen molar-refractivity contribution in [2.75, 3.05) is 0 Å². The van der Waals surface area contributed by atoms with Crippen molar-refractivity contribution in [3.05, 3.63) is 24.4 Å². The van der Waals surface area contributed by atoms with E-state index in [1.807, 2.05) is 0 Å². The molecule has 1 heteroatoms. The number of rotatable bonds is 9. The quantitative estimate of drug-likeness (QED) is 0.554. The lowest BCUT2D eigenvalue weighted by atomic mass is 10.0. The van der Waals surface area contributed by atoms with E-state index in [4.69, 9.17) is 0 Å². The number of hydrogen-bond acceptors (Lipinski definition) is 1. The van der Waals surface area contributed by atoms with Crippen LogP contribution in [0.15, 0.2) is 24.4 Å². The number of nitrogens with one attached hydrogen (secondary N) is 1. The fraction of sp³-hybridized carbons (Fsp3) is 0.714. The average molecular weight is 209 g/mol. The summed E-state index contributed by atoms with van der Waals surface area (Å²) in [6.45, 7) is 14.8. The Bertz CT molecular complexity index is 194. The Morgan fingerprint density at radius 1 is 1.07 bits per heavy atom. The minimum Gasteiger partial charge on any atom is -0.382 e. The second-order valence-electron chi connectivity index (χ2n) is 4.22. The molecule has 0 spiro atoms. The average Bonchev–Trinajstić information content (AvgIpc) is 2.23. The van der Waals surface area contributed by atoms with Crippen molar-refractivity contribution in [1.29, 1.82) is 0 Å². The molecule has 0 aromatic carbocycles. The van der Waals surface area contributed by atoms with Crippen molar-refractivity contribution < 1.29 is 0 Å². The van der Waals surface area contributed by atoms with Gasteiger partial charge >= 0.3 is 0 Å². The lowest BCUT2D eigenvalue weighted by molar-refractivity contribution is 0.574. The molecule has 0 unspecified atom stereocenters. The van der Waals surface area contributed by atoms with Crippen LogP contribution in [0.4, 0.5) is 0 Å². The SMILES string of the molecule is C=C(CCCC)N[C@@H](CC)C(=C)CCC. The molecule has 0 fully saturated rings. The molecule has 0 aromatic rings. The lowest BCUT2D eigenvalue weighted by Crippen LogP contribution is -2.29. The molecule has 15 heavy (non-hydrogen) atoms. The Balaban J connectivity index is 3.97. The van der Waals surface area contributed by atoms with Crippen molar-refractivity contribution in [2.45, 2.75) is 65.3 Å². The molecule has 0 rings (SSSR count). The van der Waals surface area contributed by atoms with Crippen LogP contribution in [0.1, 0.15) is 59.3 Å². The van der Waals surface area contributed by atoms with Crippen LogP contribution in [0.5, 0.6) is 0 Å². The van der Waals surface area contributed by atoms with E-state index in [0.717, 1.165) is 19.3 Å². The highest BCUT2D eigenvalue weighted by Crippen LogP contribution is 2.13. The van der Waals surface area contributed by atoms with Gasteiger partial charge in [0, 0.05) is 11.7 Å². The van der Waals surface area contributed by atoms with Gasteiger partial charge in [0.2, 0.25) is 0 Å². The molecule has 0 saturated carbocycles. The van der Waals surface area contributed by atoms with E-state index < -0.39 is 0 Å². The summed E-state index contributed by atoms with van der Waals surface area (Å²) in [7, 11) is 0. The molecule has 1 atom stereocenters. The van der Waals surface area contributed by atoms with E-state index in [2.05, 4.69) is 39.2 Å². The first-order valence-corrected chi connectivity index (χ1v) is 6.27. The third-order valence-electron chi connectivity index (χ3n) is 2.68. The first-order chi connectivity index (χ1) is 7.15. The Labute approximate surface area is 95.7 Å². The summed E-state index contributed by atoms with van der Waals surface area (Å²) < 4.78 is 0. The number of allylic oxidation sites excluding steroid dienone is 1. The monoisotopic (exact) mass is 209 g/mol. The Hall–Kier alpha value is -0.720. The largest absolute Gasteiger partial charge is 0.382 e. The fourth-order valence-electron chi connectivity index (χ4n) is 1.70. The molecule has 0 amide bonds. The first kappa shape index (κ1) is 14.3. The van der Waals surface area contributed by atoms with E-state index in [-0.39, 0.29) is 0 Å². The zero-order valence-electron chi connectivity index (χ0n) is 10.7. The standard InChI is InChI=1S/C14H27N/c1-6-9-11-13(5)15-14(8-3)12(4)10-7-2/h14-15H,4-11H2,1-3H3/t14-/m0/s1. The molecule has 0 radical (unpaired) electrons. The number of hydrogen-bond donors (Lipinski definition) is 1. The van der Waals surface area contributed by atoms with Gasteiger partial charge in [-0.1, -0.05) is 52.3 Å². The highest BCUT2D eigenvalue weighted by atomic mass is 14.9. The maximum Gasteiger partial charge on any atom is 0.0465 e. The van der Waals surface area contributed by atoms with E-state index in [1.165, 1.54) is 30.5 Å². The van der Waals surface area contributed by atoms with Gasteiger partial charge in [-0.25, -0.2) is 0 Å². The zero-order chi connectivity index (χ0) is 11.7. The minimum absolute atomic E-state index is 0.425. The highest BCUT2D eigenvalue weighted by Gasteiger charge is 2.09. The second kappa shape index (κ2) is 8.58. The van der Waals surface area contributed by atoms with Crippen LogP contribution in [0.3, 0.4) is 0 Å². The molecule has 0 aliphatic rings. The molecule has 0 aliphatic carbocycles. The summed E-state index contributed by atoms with van der Waals surface area (Å²) in [6, 6.07) is 0.425. The van der Waals surface area contributed by atoms with Gasteiger partial charge < -0.3 is 5.32 Å². The molecule has 0 bridgehead atoms. The molecule has 0 saturated heterocycles. The van der Waals surface area contributed by atoms with E-state index in [9.17, 15) is 0 Å². The molecular weight excluding hydrogens is 182 g/mol. The third kappa shape index (κ3) is 6.38. The Kier molecular flexibility index (Phi) is 8.17. The van der Waals surface area contributed by atoms with E-state index in [1.54, 1.807) is 0 Å². The summed E-state index contributed by atoms with van der Waals surface area (Å²) in [5.74, 6) is 0. The lowest BCUT2D eigenvalue weighted by Gasteiger charge is -2.22. The Morgan fingerprint density at radius 3 is 2.20 bits per heavy atom. The van der Waals surface area contributed by atoms with Gasteiger partial charge in [-0.3, -0.25) is 0 Å². The normalized spacial score (nSPS) is 12.2. The van der Waals surface area contributed by atoms with Gasteiger partial charge in [0.1, 0.15) is 0 Å². The highest BCUT2D eigenvalue weighted by molar-refractivity contribution is 5.09. The topological polar surface area (TPSA) is 12.0 Å². The van der Waals surface area contributed by atoms with Crippen LogP contribution in [0.2, 0.25) is 0 Å². The van der Waals surface area contributed by atoms with Crippen molar-refractivity contribution in [3.63, 3.8) is 0 Å². The predicted molar refractivity (Wildman–Crippen MR) is 69.9 cm³/mol. The van der Waals surface area contributed by atoms with Gasteiger partial charge in [0.25, 0.3) is 0 Å². The molecule has 1 N–H and O–H groups in total. The number of unbranched alkanes of at least 4 members (excludes halogenated alkanes) is 1. The van der Waals surface area contributed by atoms with Gasteiger partial charge in [-0.15, -0.1) is 0 Å². The molecule has 0 aromatic heterocycles. The smallest absolute Gasteiger partial charge is 0.0465 e. The third-order valence-corrected chi connectivity index (χ3v) is 2.68. The summed E-state index contributed by atoms with van der Waals surface area (Å²) in [5.41, 5.74) is 2.48. The van der Waals surface area contributed by atoms with Crippen LogP contribution >= 0.6 is 0 Å². The van der Waals surface area contributed by atoms with Crippen LogP contribution in [-0.4, -0.2) is 6.04 Å². The van der Waals surface area contributed by atoms with E-state index in [0.29, 0.717) is 6.04 Å². The van der Waals surface area contributed by atoms with Gasteiger partial charge in [-0.2, -0.15) is 0 Å². The predicted octanol–water partition coefficient (Wildman–Crippen LogP) is 4.41. The fourth-order valence-corrected chi connectivity index (χ4v) is 1.70. The van der Waals surface area contributed by atoms with Gasteiger partial charge in [0.05, 0.1) is 0 Å². The molecule has 88 valence electrons. The van der Waals surface area contributed by atoms with E-state index >= 15 is 0 Å². The summed E-state index contributed by atoms with van der Waals surface area (Å²) in [4.78, 5) is 0. The zero-order valence-corrected chi connectivity index (χ0v) is 10.7. The van der Waals surface area contributed by atoms with Crippen molar-refractivity contribution in [2.24, 2.45) is 0 Å². The first-order valence-electron chi connectivity index (χ1n) is 6.27. The van der Waals surface area contributed by atoms with Gasteiger partial charge in [-0.05, 0) is 25.7 Å². The maximum atomic E-state index is 4.15. The summed E-state index contributed by atoms with van der Waals surface area (Å²) in [6.07, 6.45) is 6.94. The Morgan fingerprint density at radius 2 is 1.73 bits per heavy atom. The van der Waals surface area contributed by atoms with Crippen LogP contribution in [-0.2, 0) is 0 Å². The molecule has 1 nitrogen and oxygen atoms in total.